The molecule has 0 radical (unpaired) electrons. The first-order valence-electron chi connectivity index (χ1n) is 20.6. The number of carbonyl (C=O) groups excluding carboxylic acids is 1. The first kappa shape index (κ1) is 38.8. The zero-order chi connectivity index (χ0) is 40.3. The highest BCUT2D eigenvalue weighted by atomic mass is 32.1. The molecule has 2 aromatic carbocycles. The molecule has 13 heteroatoms. The van der Waals surface area contributed by atoms with Crippen LogP contribution in [-0.4, -0.2) is 82.4 Å². The van der Waals surface area contributed by atoms with Crippen LogP contribution in [0.15, 0.2) is 60.8 Å². The molecule has 2 unspecified atom stereocenters. The average Bonchev–Trinajstić information content (AvgIpc) is 3.75. The van der Waals surface area contributed by atoms with Gasteiger partial charge in [-0.05, 0) is 110 Å². The molecule has 2 atom stereocenters. The van der Waals surface area contributed by atoms with E-state index in [2.05, 4.69) is 34.1 Å². The van der Waals surface area contributed by atoms with Gasteiger partial charge in [0.15, 0.2) is 10.8 Å². The minimum absolute atomic E-state index is 0.0235. The van der Waals surface area contributed by atoms with Crippen LogP contribution in [0.5, 0.6) is 0 Å². The Kier molecular flexibility index (Phi) is 9.93. The maximum atomic E-state index is 13.6. The number of para-hydroxylation sites is 1. The summed E-state index contributed by atoms with van der Waals surface area (Å²) in [5.41, 5.74) is 6.51. The number of benzene rings is 2. The van der Waals surface area contributed by atoms with Gasteiger partial charge in [0.25, 0.3) is 0 Å². The van der Waals surface area contributed by atoms with E-state index in [9.17, 15) is 14.7 Å². The van der Waals surface area contributed by atoms with Gasteiger partial charge in [0.2, 0.25) is 0 Å². The topological polar surface area (TPSA) is 144 Å². The lowest BCUT2D eigenvalue weighted by atomic mass is 9.39. The van der Waals surface area contributed by atoms with Crippen LogP contribution in [0.3, 0.4) is 0 Å². The van der Waals surface area contributed by atoms with E-state index in [1.807, 2.05) is 61.5 Å². The number of aryl methyl sites for hydroxylation is 1. The first-order valence-corrected chi connectivity index (χ1v) is 21.4. The molecule has 3 N–H and O–H groups in total. The molecule has 2 amide bonds. The number of amides is 2. The molecule has 4 fully saturated rings. The van der Waals surface area contributed by atoms with Crippen molar-refractivity contribution in [2.75, 3.05) is 50.2 Å². The zero-order valence-electron chi connectivity index (χ0n) is 33.9. The number of fused-ring (bicyclic) bond motifs is 2. The average molecular weight is 804 g/mol. The SMILES string of the molecule is COCCNCCOC12CC3(C)CC(C)(CC(Cn4ncc(-c5ccc(-c6ccc7c(c6)N(C(=O)Nc6nc8ccccc8s6)CCC7)nc5C(=O)O)c4C)(C3)C1)C2. The lowest BCUT2D eigenvalue weighted by Gasteiger charge is -2.69. The van der Waals surface area contributed by atoms with Crippen molar-refractivity contribution in [2.24, 2.45) is 16.2 Å². The number of nitrogens with zero attached hydrogens (tertiary/aromatic N) is 5. The highest BCUT2D eigenvalue weighted by Crippen LogP contribution is 2.72. The number of pyridine rings is 1. The summed E-state index contributed by atoms with van der Waals surface area (Å²) in [6.07, 6.45) is 10.2. The fraction of sp³-hybridized carbons (Fsp3) is 0.489. The zero-order valence-corrected chi connectivity index (χ0v) is 34.7. The van der Waals surface area contributed by atoms with E-state index >= 15 is 0 Å². The summed E-state index contributed by atoms with van der Waals surface area (Å²) in [5.74, 6) is -1.10. The molecule has 4 bridgehead atoms. The third kappa shape index (κ3) is 7.31. The minimum atomic E-state index is -1.10. The normalized spacial score (nSPS) is 26.0. The van der Waals surface area contributed by atoms with Gasteiger partial charge >= 0.3 is 12.0 Å². The maximum absolute atomic E-state index is 13.6. The molecule has 4 heterocycles. The Bertz CT molecular complexity index is 2340. The van der Waals surface area contributed by atoms with E-state index in [0.29, 0.717) is 36.1 Å². The molecule has 0 saturated heterocycles. The maximum Gasteiger partial charge on any atom is 0.355 e. The second-order valence-electron chi connectivity index (χ2n) is 18.2. The molecule has 5 aromatic rings. The Balaban J connectivity index is 0.956. The van der Waals surface area contributed by atoms with Gasteiger partial charge in [-0.3, -0.25) is 14.9 Å². The Morgan fingerprint density at radius 1 is 0.931 bits per heavy atom. The number of carbonyl (C=O) groups is 2. The minimum Gasteiger partial charge on any atom is -0.476 e. The number of urea groups is 1. The summed E-state index contributed by atoms with van der Waals surface area (Å²) in [5, 5.41) is 22.5. The summed E-state index contributed by atoms with van der Waals surface area (Å²) in [6, 6.07) is 17.2. The van der Waals surface area contributed by atoms with E-state index in [0.717, 1.165) is 103 Å². The van der Waals surface area contributed by atoms with Crippen molar-refractivity contribution in [1.29, 1.82) is 0 Å². The van der Waals surface area contributed by atoms with Crippen LogP contribution in [-0.2, 0) is 22.4 Å². The first-order chi connectivity index (χ1) is 27.9. The van der Waals surface area contributed by atoms with Gasteiger partial charge in [-0.2, -0.15) is 5.10 Å². The van der Waals surface area contributed by atoms with Gasteiger partial charge in [-0.15, -0.1) is 0 Å². The fourth-order valence-electron chi connectivity index (χ4n) is 12.0. The van der Waals surface area contributed by atoms with Gasteiger partial charge in [0.1, 0.15) is 0 Å². The number of carboxylic acid groups (broad SMARTS) is 1. The summed E-state index contributed by atoms with van der Waals surface area (Å²) >= 11 is 1.44. The molecular weight excluding hydrogens is 751 g/mol. The van der Waals surface area contributed by atoms with E-state index < -0.39 is 5.97 Å². The predicted octanol–water partition coefficient (Wildman–Crippen LogP) is 8.58. The largest absolute Gasteiger partial charge is 0.476 e. The Hall–Kier alpha value is -4.69. The highest BCUT2D eigenvalue weighted by molar-refractivity contribution is 7.22. The highest BCUT2D eigenvalue weighted by Gasteiger charge is 2.66. The van der Waals surface area contributed by atoms with Crippen LogP contribution in [0.25, 0.3) is 32.6 Å². The number of carboxylic acids is 1. The van der Waals surface area contributed by atoms with Gasteiger partial charge in [0.05, 0.1) is 40.9 Å². The molecule has 3 aromatic heterocycles. The van der Waals surface area contributed by atoms with Gasteiger partial charge in [0, 0.05) is 61.4 Å². The summed E-state index contributed by atoms with van der Waals surface area (Å²) in [4.78, 5) is 37.6. The van der Waals surface area contributed by atoms with Crippen molar-refractivity contribution in [3.8, 4) is 22.4 Å². The molecule has 1 aliphatic heterocycles. The number of ether oxygens (including phenoxy) is 2. The lowest BCUT2D eigenvalue weighted by molar-refractivity contribution is -0.247. The fourth-order valence-corrected chi connectivity index (χ4v) is 12.9. The van der Waals surface area contributed by atoms with Crippen molar-refractivity contribution in [3.63, 3.8) is 0 Å². The quantitative estimate of drug-likeness (QED) is 0.0998. The van der Waals surface area contributed by atoms with Crippen molar-refractivity contribution in [2.45, 2.75) is 84.3 Å². The van der Waals surface area contributed by atoms with Gasteiger partial charge in [-0.1, -0.05) is 49.4 Å². The molecule has 10 rings (SSSR count). The van der Waals surface area contributed by atoms with Gasteiger partial charge in [-0.25, -0.2) is 19.6 Å². The number of rotatable bonds is 13. The molecule has 5 aliphatic rings. The molecule has 4 saturated carbocycles. The number of aromatic nitrogens is 4. The number of nitrogens with one attached hydrogen (secondary N) is 2. The molecule has 58 heavy (non-hydrogen) atoms. The monoisotopic (exact) mass is 803 g/mol. The van der Waals surface area contributed by atoms with E-state index in [1.165, 1.54) is 17.8 Å². The van der Waals surface area contributed by atoms with Crippen molar-refractivity contribution in [1.82, 2.24) is 25.1 Å². The van der Waals surface area contributed by atoms with E-state index in [1.54, 1.807) is 18.2 Å². The van der Waals surface area contributed by atoms with Crippen molar-refractivity contribution < 1.29 is 24.2 Å². The van der Waals surface area contributed by atoms with E-state index in [4.69, 9.17) is 19.6 Å². The second-order valence-corrected chi connectivity index (χ2v) is 19.2. The third-order valence-electron chi connectivity index (χ3n) is 13.1. The molecule has 4 aliphatic carbocycles. The summed E-state index contributed by atoms with van der Waals surface area (Å²) in [7, 11) is 1.72. The number of hydrogen-bond acceptors (Lipinski definition) is 9. The molecule has 0 spiro atoms. The lowest BCUT2D eigenvalue weighted by Crippen LogP contribution is -2.64. The number of methoxy groups -OCH3 is 1. The number of hydrogen-bond donors (Lipinski definition) is 3. The van der Waals surface area contributed by atoms with E-state index in [-0.39, 0.29) is 33.6 Å². The van der Waals surface area contributed by atoms with Crippen LogP contribution in [0, 0.1) is 23.2 Å². The second kappa shape index (κ2) is 14.8. The van der Waals surface area contributed by atoms with Crippen LogP contribution in [0.4, 0.5) is 15.6 Å². The van der Waals surface area contributed by atoms with Gasteiger partial charge < -0.3 is 19.9 Å². The Morgan fingerprint density at radius 2 is 1.72 bits per heavy atom. The van der Waals surface area contributed by atoms with Crippen molar-refractivity contribution in [3.05, 3.63) is 77.7 Å². The number of aromatic carboxylic acids is 1. The predicted molar refractivity (Wildman–Crippen MR) is 227 cm³/mol. The molecule has 304 valence electrons. The molecular formula is C45H53N7O5S. The van der Waals surface area contributed by atoms with Crippen molar-refractivity contribution >= 4 is 44.4 Å². The number of anilines is 2. The standard InChI is InChI=1S/C45H53N7O5S/c1-29-33(21-47-52(29)28-44-23-42(2)22-43(3,24-44)26-45(25-42,27-44)57-19-16-46-15-18-56-4)32-13-14-34(48-38(32)39(53)54)31-12-11-30-8-7-17-51(36(30)20-31)41(55)50-40-49-35-9-5-6-10-37(35)58-40/h5-6,9-14,20-21,46H,7-8,15-19,22-28H2,1-4H3,(H,53,54)(H,49,50,55). The van der Waals surface area contributed by atoms with Crippen LogP contribution >= 0.6 is 11.3 Å². The van der Waals surface area contributed by atoms with Crippen LogP contribution in [0.2, 0.25) is 0 Å². The van der Waals surface area contributed by atoms with Crippen LogP contribution in [0.1, 0.15) is 80.5 Å². The summed E-state index contributed by atoms with van der Waals surface area (Å²) < 4.78 is 15.2. The Labute approximate surface area is 343 Å². The Morgan fingerprint density at radius 3 is 2.50 bits per heavy atom. The van der Waals surface area contributed by atoms with Crippen LogP contribution < -0.4 is 15.5 Å². The number of thiazole rings is 1. The summed E-state index contributed by atoms with van der Waals surface area (Å²) in [6.45, 7) is 11.3. The molecule has 12 nitrogen and oxygen atoms in total. The third-order valence-corrected chi connectivity index (χ3v) is 14.0. The smallest absolute Gasteiger partial charge is 0.355 e.